The summed E-state index contributed by atoms with van der Waals surface area (Å²) in [5, 5.41) is 19.5. The first-order valence-corrected chi connectivity index (χ1v) is 18.1. The molecule has 5 nitrogen and oxygen atoms in total. The van der Waals surface area contributed by atoms with Crippen LogP contribution in [-0.4, -0.2) is 9.13 Å². The monoisotopic (exact) mass is 689 g/mol. The fraction of sp³-hybridized carbons (Fsp3) is 0. The van der Waals surface area contributed by atoms with Crippen molar-refractivity contribution in [2.75, 3.05) is 0 Å². The number of furan rings is 2. The molecule has 5 heteroatoms. The first kappa shape index (κ1) is 29.1. The van der Waals surface area contributed by atoms with E-state index in [1.54, 1.807) is 0 Å². The van der Waals surface area contributed by atoms with Gasteiger partial charge in [0.15, 0.2) is 0 Å². The quantitative estimate of drug-likeness (QED) is 0.185. The van der Waals surface area contributed by atoms with Gasteiger partial charge >= 0.3 is 0 Å². The summed E-state index contributed by atoms with van der Waals surface area (Å²) in [4.78, 5) is 0. The lowest BCUT2D eigenvalue weighted by molar-refractivity contribution is 0.669. The van der Waals surface area contributed by atoms with E-state index >= 15 is 0 Å². The zero-order valence-corrected chi connectivity index (χ0v) is 28.7. The summed E-state index contributed by atoms with van der Waals surface area (Å²) >= 11 is 0. The second kappa shape index (κ2) is 10.7. The van der Waals surface area contributed by atoms with Crippen LogP contribution in [0.5, 0.6) is 0 Å². The first-order valence-electron chi connectivity index (χ1n) is 18.1. The van der Waals surface area contributed by atoms with Crippen LogP contribution in [0.15, 0.2) is 173 Å². The molecule has 54 heavy (non-hydrogen) atoms. The van der Waals surface area contributed by atoms with Crippen molar-refractivity contribution in [3.8, 4) is 28.6 Å². The Bertz CT molecular complexity index is 3590. The molecule has 250 valence electrons. The Hall–Kier alpha value is -7.55. The van der Waals surface area contributed by atoms with E-state index in [9.17, 15) is 5.26 Å². The lowest BCUT2D eigenvalue weighted by atomic mass is 10.0. The predicted octanol–water partition coefficient (Wildman–Crippen LogP) is 13.2. The van der Waals surface area contributed by atoms with E-state index < -0.39 is 0 Å². The number of hydrogen-bond acceptors (Lipinski definition) is 3. The van der Waals surface area contributed by atoms with Gasteiger partial charge in [0, 0.05) is 48.8 Å². The highest BCUT2D eigenvalue weighted by atomic mass is 16.3. The normalized spacial score (nSPS) is 12.1. The Morgan fingerprint density at radius 3 is 1.56 bits per heavy atom. The molecule has 12 rings (SSSR count). The molecule has 0 saturated heterocycles. The highest BCUT2D eigenvalue weighted by Gasteiger charge is 2.22. The zero-order chi connectivity index (χ0) is 35.5. The highest BCUT2D eigenvalue weighted by molar-refractivity contribution is 6.28. The van der Waals surface area contributed by atoms with Crippen LogP contribution in [0, 0.1) is 11.3 Å². The number of nitrogens with zero attached hydrogens (tertiary/aromatic N) is 3. The van der Waals surface area contributed by atoms with Crippen molar-refractivity contribution in [3.05, 3.63) is 169 Å². The van der Waals surface area contributed by atoms with Crippen LogP contribution in [0.2, 0.25) is 0 Å². The topological polar surface area (TPSA) is 59.9 Å². The molecule has 4 heterocycles. The minimum absolute atomic E-state index is 0.605. The van der Waals surface area contributed by atoms with Crippen molar-refractivity contribution >= 4 is 87.5 Å². The summed E-state index contributed by atoms with van der Waals surface area (Å²) < 4.78 is 17.2. The Kier molecular flexibility index (Phi) is 5.78. The molecule has 0 spiro atoms. The Morgan fingerprint density at radius 2 is 0.926 bits per heavy atom. The number of rotatable bonds is 3. The van der Waals surface area contributed by atoms with Gasteiger partial charge in [-0.1, -0.05) is 91.0 Å². The number of nitriles is 1. The van der Waals surface area contributed by atoms with Gasteiger partial charge in [0.25, 0.3) is 0 Å². The van der Waals surface area contributed by atoms with E-state index in [1.165, 1.54) is 10.8 Å². The fourth-order valence-electron chi connectivity index (χ4n) is 8.90. The van der Waals surface area contributed by atoms with Gasteiger partial charge in [-0.3, -0.25) is 0 Å². The molecule has 0 radical (unpaired) electrons. The summed E-state index contributed by atoms with van der Waals surface area (Å²) in [5.74, 6) is 0. The Labute approximate surface area is 307 Å². The van der Waals surface area contributed by atoms with Crippen molar-refractivity contribution in [1.29, 1.82) is 5.26 Å². The van der Waals surface area contributed by atoms with Crippen LogP contribution >= 0.6 is 0 Å². The molecular formula is C49H27N3O2. The standard InChI is InChI=1S/C49H27N3O2/c50-28-31-21-20-30(27-41(31)52-38-17-6-2-13-34(38)47-40(52)23-25-45-49(47)36-15-4-8-19-43(36)54-45)29-10-9-11-32(26-29)51-37-16-5-1-12-33(37)46-39(51)22-24-44-48(46)35-14-3-7-18-42(35)53-44/h1-27H. The molecule has 0 unspecified atom stereocenters. The van der Waals surface area contributed by atoms with E-state index in [-0.39, 0.29) is 0 Å². The third-order valence-electron chi connectivity index (χ3n) is 11.2. The summed E-state index contributed by atoms with van der Waals surface area (Å²) in [5.41, 5.74) is 12.4. The minimum Gasteiger partial charge on any atom is -0.456 e. The van der Waals surface area contributed by atoms with Gasteiger partial charge in [-0.25, -0.2) is 0 Å². The molecule has 0 aliphatic carbocycles. The van der Waals surface area contributed by atoms with E-state index in [2.05, 4.69) is 149 Å². The third-order valence-corrected chi connectivity index (χ3v) is 11.2. The number of para-hydroxylation sites is 4. The van der Waals surface area contributed by atoms with Gasteiger partial charge in [0.05, 0.1) is 33.3 Å². The molecular weight excluding hydrogens is 663 g/mol. The highest BCUT2D eigenvalue weighted by Crippen LogP contribution is 2.44. The van der Waals surface area contributed by atoms with Crippen molar-refractivity contribution in [3.63, 3.8) is 0 Å². The summed E-state index contributed by atoms with van der Waals surface area (Å²) in [7, 11) is 0. The maximum atomic E-state index is 10.5. The summed E-state index contributed by atoms with van der Waals surface area (Å²) in [6.07, 6.45) is 0. The van der Waals surface area contributed by atoms with Gasteiger partial charge in [-0.05, 0) is 83.9 Å². The zero-order valence-electron chi connectivity index (χ0n) is 28.7. The van der Waals surface area contributed by atoms with Crippen molar-refractivity contribution in [1.82, 2.24) is 9.13 Å². The molecule has 0 aliphatic heterocycles. The van der Waals surface area contributed by atoms with E-state index in [4.69, 9.17) is 8.83 Å². The number of hydrogen-bond donors (Lipinski definition) is 0. The fourth-order valence-corrected chi connectivity index (χ4v) is 8.90. The Morgan fingerprint density at radius 1 is 0.389 bits per heavy atom. The Balaban J connectivity index is 1.09. The molecule has 0 fully saturated rings. The summed E-state index contributed by atoms with van der Waals surface area (Å²) in [6, 6.07) is 59.3. The smallest absolute Gasteiger partial charge is 0.136 e. The van der Waals surface area contributed by atoms with Gasteiger partial charge in [-0.2, -0.15) is 5.26 Å². The molecule has 0 amide bonds. The van der Waals surface area contributed by atoms with Gasteiger partial charge in [0.2, 0.25) is 0 Å². The minimum atomic E-state index is 0.605. The number of benzene rings is 8. The van der Waals surface area contributed by atoms with E-state index in [0.717, 1.165) is 99.2 Å². The lowest BCUT2D eigenvalue weighted by Crippen LogP contribution is -1.99. The summed E-state index contributed by atoms with van der Waals surface area (Å²) in [6.45, 7) is 0. The maximum absolute atomic E-state index is 10.5. The van der Waals surface area contributed by atoms with Crippen LogP contribution in [-0.2, 0) is 0 Å². The SMILES string of the molecule is N#Cc1ccc(-c2cccc(-n3c4ccccc4c4c5c(ccc43)oc3ccccc35)c2)cc1-n1c2ccccc2c2c3c(ccc21)oc1ccccc13. The average Bonchev–Trinajstić information content (AvgIpc) is 3.98. The van der Waals surface area contributed by atoms with Crippen LogP contribution in [0.3, 0.4) is 0 Å². The van der Waals surface area contributed by atoms with Crippen molar-refractivity contribution in [2.24, 2.45) is 0 Å². The molecule has 0 bridgehead atoms. The predicted molar refractivity (Wildman–Crippen MR) is 220 cm³/mol. The molecule has 0 atom stereocenters. The molecule has 8 aromatic carbocycles. The number of fused-ring (bicyclic) bond motifs is 14. The van der Waals surface area contributed by atoms with Gasteiger partial charge in [-0.15, -0.1) is 0 Å². The van der Waals surface area contributed by atoms with Crippen LogP contribution in [0.1, 0.15) is 5.56 Å². The van der Waals surface area contributed by atoms with Crippen molar-refractivity contribution < 1.29 is 8.83 Å². The lowest BCUT2D eigenvalue weighted by Gasteiger charge is -2.14. The average molecular weight is 690 g/mol. The molecule has 0 N–H and O–H groups in total. The van der Waals surface area contributed by atoms with Gasteiger partial charge in [0.1, 0.15) is 28.4 Å². The second-order valence-corrected chi connectivity index (χ2v) is 14.0. The van der Waals surface area contributed by atoms with Crippen LogP contribution < -0.4 is 0 Å². The maximum Gasteiger partial charge on any atom is 0.136 e. The first-order chi connectivity index (χ1) is 26.7. The van der Waals surface area contributed by atoms with E-state index in [0.29, 0.717) is 5.56 Å². The molecule has 4 aromatic heterocycles. The number of aromatic nitrogens is 2. The molecule has 0 saturated carbocycles. The van der Waals surface area contributed by atoms with Crippen molar-refractivity contribution in [2.45, 2.75) is 0 Å². The van der Waals surface area contributed by atoms with Crippen LogP contribution in [0.4, 0.5) is 0 Å². The van der Waals surface area contributed by atoms with Crippen LogP contribution in [0.25, 0.3) is 110 Å². The third kappa shape index (κ3) is 3.86. The van der Waals surface area contributed by atoms with E-state index in [1.807, 2.05) is 30.3 Å². The molecule has 0 aliphatic rings. The largest absolute Gasteiger partial charge is 0.456 e. The molecule has 12 aromatic rings. The van der Waals surface area contributed by atoms with Gasteiger partial charge < -0.3 is 18.0 Å². The second-order valence-electron chi connectivity index (χ2n) is 14.0.